The van der Waals surface area contributed by atoms with E-state index in [0.717, 1.165) is 36.0 Å². The number of thiazole rings is 1. The van der Waals surface area contributed by atoms with Gasteiger partial charge in [0.1, 0.15) is 11.6 Å². The third-order valence-electron chi connectivity index (χ3n) is 5.40. The molecule has 170 valence electrons. The predicted molar refractivity (Wildman–Crippen MR) is 122 cm³/mol. The summed E-state index contributed by atoms with van der Waals surface area (Å²) >= 11 is 1.69. The molecule has 2 aromatic rings. The molecule has 2 atom stereocenters. The van der Waals surface area contributed by atoms with Crippen LogP contribution in [0.25, 0.3) is 0 Å². The van der Waals surface area contributed by atoms with Crippen molar-refractivity contribution >= 4 is 11.3 Å². The summed E-state index contributed by atoms with van der Waals surface area (Å²) in [5.74, 6) is -1.24. The van der Waals surface area contributed by atoms with Crippen LogP contribution in [0.4, 0.5) is 8.78 Å². The molecule has 2 unspecified atom stereocenters. The quantitative estimate of drug-likeness (QED) is 0.493. The molecule has 0 radical (unpaired) electrons. The zero-order valence-corrected chi connectivity index (χ0v) is 19.6. The second-order valence-corrected chi connectivity index (χ2v) is 10.8. The summed E-state index contributed by atoms with van der Waals surface area (Å²) in [5, 5.41) is 20.8. The fourth-order valence-electron chi connectivity index (χ4n) is 3.74. The van der Waals surface area contributed by atoms with Gasteiger partial charge in [-0.2, -0.15) is 0 Å². The van der Waals surface area contributed by atoms with Crippen LogP contribution in [0.2, 0.25) is 0 Å². The van der Waals surface area contributed by atoms with Crippen LogP contribution in [0.1, 0.15) is 56.8 Å². The number of allylic oxidation sites excluding steroid dienone is 1. The third kappa shape index (κ3) is 6.82. The lowest BCUT2D eigenvalue weighted by Gasteiger charge is -2.27. The molecule has 31 heavy (non-hydrogen) atoms. The normalized spacial score (nSPS) is 17.3. The number of benzene rings is 1. The topological polar surface area (TPSA) is 57.2 Å². The van der Waals surface area contributed by atoms with Crippen LogP contribution >= 0.6 is 11.3 Å². The van der Waals surface area contributed by atoms with Crippen molar-refractivity contribution in [2.75, 3.05) is 6.54 Å². The van der Waals surface area contributed by atoms with Crippen LogP contribution in [0, 0.1) is 17.0 Å². The van der Waals surface area contributed by atoms with Gasteiger partial charge in [0.05, 0.1) is 28.4 Å². The highest BCUT2D eigenvalue weighted by Gasteiger charge is 2.46. The predicted octanol–water partition coefficient (Wildman–Crippen LogP) is 4.68. The van der Waals surface area contributed by atoms with Crippen molar-refractivity contribution in [1.82, 2.24) is 15.6 Å². The smallest absolute Gasteiger partial charge is 0.126 e. The molecular weight excluding hydrogens is 416 g/mol. The maximum atomic E-state index is 13.6. The summed E-state index contributed by atoms with van der Waals surface area (Å²) in [4.78, 5) is 4.85. The van der Waals surface area contributed by atoms with E-state index in [1.807, 2.05) is 0 Å². The Labute approximate surface area is 187 Å². The van der Waals surface area contributed by atoms with Crippen molar-refractivity contribution in [2.24, 2.45) is 5.41 Å². The lowest BCUT2D eigenvalue weighted by atomic mass is 9.93. The van der Waals surface area contributed by atoms with Gasteiger partial charge in [-0.15, -0.1) is 11.3 Å². The summed E-state index contributed by atoms with van der Waals surface area (Å²) in [7, 11) is 0. The summed E-state index contributed by atoms with van der Waals surface area (Å²) in [6, 6.07) is 3.02. The van der Waals surface area contributed by atoms with Gasteiger partial charge in [0.15, 0.2) is 0 Å². The largest absolute Gasteiger partial charge is 0.390 e. The zero-order chi connectivity index (χ0) is 22.8. The van der Waals surface area contributed by atoms with Gasteiger partial charge in [-0.3, -0.25) is 0 Å². The number of nitrogens with zero attached hydrogens (tertiary/aromatic N) is 1. The van der Waals surface area contributed by atoms with E-state index in [1.165, 1.54) is 12.1 Å². The van der Waals surface area contributed by atoms with E-state index >= 15 is 0 Å². The molecule has 7 heteroatoms. The maximum Gasteiger partial charge on any atom is 0.126 e. The van der Waals surface area contributed by atoms with Crippen LogP contribution in [0.5, 0.6) is 0 Å². The molecule has 0 amide bonds. The Morgan fingerprint density at radius 2 is 1.90 bits per heavy atom. The Balaban J connectivity index is 1.65. The monoisotopic (exact) mass is 449 g/mol. The highest BCUT2D eigenvalue weighted by molar-refractivity contribution is 7.09. The number of rotatable bonds is 10. The standard InChI is InChI=1S/C24H33F2N3OS/c1-15(2)28-19(10-16-8-17(25)11-18(26)9-16)20(30)13-27-24(6-7-24)21-14-31-22(29-21)12-23(3,4)5/h8-9,11,14,19-20,27-28,30H,1,6-7,10,12-13H2,2-5H3. The first-order valence-electron chi connectivity index (χ1n) is 10.7. The molecule has 1 fully saturated rings. The second-order valence-electron chi connectivity index (χ2n) is 9.91. The number of aromatic nitrogens is 1. The summed E-state index contributed by atoms with van der Waals surface area (Å²) in [6.07, 6.45) is 2.40. The van der Waals surface area contributed by atoms with Gasteiger partial charge in [-0.25, -0.2) is 13.8 Å². The molecule has 0 aliphatic heterocycles. The fourth-order valence-corrected chi connectivity index (χ4v) is 4.93. The van der Waals surface area contributed by atoms with Crippen LogP contribution in [0.3, 0.4) is 0 Å². The molecule has 1 aromatic heterocycles. The van der Waals surface area contributed by atoms with E-state index in [9.17, 15) is 13.9 Å². The number of aliphatic hydroxyl groups excluding tert-OH is 1. The molecule has 0 bridgehead atoms. The van der Waals surface area contributed by atoms with E-state index in [2.05, 4.69) is 43.4 Å². The van der Waals surface area contributed by atoms with Gasteiger partial charge in [-0.05, 0) is 49.3 Å². The van der Waals surface area contributed by atoms with E-state index in [4.69, 9.17) is 4.98 Å². The van der Waals surface area contributed by atoms with Gasteiger partial charge >= 0.3 is 0 Å². The first-order chi connectivity index (χ1) is 14.5. The highest BCUT2D eigenvalue weighted by atomic mass is 32.1. The molecule has 1 saturated carbocycles. The van der Waals surface area contributed by atoms with Gasteiger partial charge in [0.2, 0.25) is 0 Å². The minimum atomic E-state index is -0.770. The zero-order valence-electron chi connectivity index (χ0n) is 18.8. The minimum absolute atomic E-state index is 0.188. The van der Waals surface area contributed by atoms with Crippen LogP contribution in [-0.4, -0.2) is 28.8 Å². The van der Waals surface area contributed by atoms with E-state index in [0.29, 0.717) is 17.8 Å². The molecule has 1 aromatic carbocycles. The van der Waals surface area contributed by atoms with Crippen molar-refractivity contribution < 1.29 is 13.9 Å². The lowest BCUT2D eigenvalue weighted by molar-refractivity contribution is 0.124. The highest BCUT2D eigenvalue weighted by Crippen LogP contribution is 2.45. The Kier molecular flexibility index (Phi) is 7.18. The molecule has 3 N–H and O–H groups in total. The first kappa shape index (κ1) is 23.8. The summed E-state index contributed by atoms with van der Waals surface area (Å²) in [6.45, 7) is 12.6. The molecule has 0 saturated heterocycles. The van der Waals surface area contributed by atoms with Crippen molar-refractivity contribution in [2.45, 2.75) is 71.1 Å². The lowest BCUT2D eigenvalue weighted by Crippen LogP contribution is -2.47. The van der Waals surface area contributed by atoms with Gasteiger partial charge < -0.3 is 15.7 Å². The fraction of sp³-hybridized carbons (Fsp3) is 0.542. The van der Waals surface area contributed by atoms with Crippen LogP contribution in [0.15, 0.2) is 35.9 Å². The second kappa shape index (κ2) is 9.35. The average Bonchev–Trinajstić information content (AvgIpc) is 3.28. The first-order valence-corrected chi connectivity index (χ1v) is 11.6. The van der Waals surface area contributed by atoms with E-state index in [1.54, 1.807) is 18.3 Å². The maximum absolute atomic E-state index is 13.6. The molecule has 3 rings (SSSR count). The molecule has 1 aliphatic rings. The molecule has 1 heterocycles. The summed E-state index contributed by atoms with van der Waals surface area (Å²) < 4.78 is 27.2. The van der Waals surface area contributed by atoms with E-state index < -0.39 is 23.8 Å². The van der Waals surface area contributed by atoms with Gasteiger partial charge in [0.25, 0.3) is 0 Å². The number of hydrogen-bond donors (Lipinski definition) is 3. The van der Waals surface area contributed by atoms with Crippen LogP contribution in [-0.2, 0) is 18.4 Å². The van der Waals surface area contributed by atoms with Gasteiger partial charge in [-0.1, -0.05) is 27.4 Å². The Morgan fingerprint density at radius 3 is 2.45 bits per heavy atom. The van der Waals surface area contributed by atoms with Gasteiger partial charge in [0, 0.05) is 30.1 Å². The molecule has 1 aliphatic carbocycles. The number of nitrogens with one attached hydrogen (secondary N) is 2. The Bertz CT molecular complexity index is 898. The van der Waals surface area contributed by atoms with Crippen molar-refractivity contribution in [3.8, 4) is 0 Å². The SMILES string of the molecule is C=C(C)NC(Cc1cc(F)cc(F)c1)C(O)CNC1(c2csc(CC(C)(C)C)n2)CC1. The number of aliphatic hydroxyl groups is 1. The summed E-state index contributed by atoms with van der Waals surface area (Å²) in [5.41, 5.74) is 2.22. The van der Waals surface area contributed by atoms with E-state index in [-0.39, 0.29) is 17.4 Å². The Hall–Kier alpha value is -1.83. The molecule has 4 nitrogen and oxygen atoms in total. The van der Waals surface area contributed by atoms with Crippen molar-refractivity contribution in [1.29, 1.82) is 0 Å². The van der Waals surface area contributed by atoms with Crippen LogP contribution < -0.4 is 10.6 Å². The number of halogens is 2. The molecule has 0 spiro atoms. The molecular formula is C24H33F2N3OS. The number of hydrogen-bond acceptors (Lipinski definition) is 5. The minimum Gasteiger partial charge on any atom is -0.390 e. The van der Waals surface area contributed by atoms with Crippen molar-refractivity contribution in [3.05, 3.63) is 63.8 Å². The third-order valence-corrected chi connectivity index (χ3v) is 6.25. The average molecular weight is 450 g/mol. The van der Waals surface area contributed by atoms with Crippen molar-refractivity contribution in [3.63, 3.8) is 0 Å². The Morgan fingerprint density at radius 1 is 1.26 bits per heavy atom.